The lowest BCUT2D eigenvalue weighted by molar-refractivity contribution is -0.152. The molecule has 3 nitrogen and oxygen atoms in total. The van der Waals surface area contributed by atoms with Crippen molar-refractivity contribution in [3.8, 4) is 0 Å². The van der Waals surface area contributed by atoms with Crippen molar-refractivity contribution < 1.29 is 14.3 Å². The van der Waals surface area contributed by atoms with Crippen LogP contribution in [0.2, 0.25) is 0 Å². The highest BCUT2D eigenvalue weighted by molar-refractivity contribution is 5.75. The average molecular weight is 188 g/mol. The molecule has 0 radical (unpaired) electrons. The normalized spacial score (nSPS) is 11.8. The molecule has 0 N–H and O–H groups in total. The van der Waals surface area contributed by atoms with Crippen molar-refractivity contribution in [1.82, 2.24) is 0 Å². The number of carbonyl (C=O) groups excluding carboxylic acids is 1. The van der Waals surface area contributed by atoms with Gasteiger partial charge >= 0.3 is 5.97 Å². The maximum Gasteiger partial charge on any atom is 0.311 e. The molecule has 0 rings (SSSR count). The largest absolute Gasteiger partial charge is 0.469 e. The Labute approximate surface area is 80.4 Å². The highest BCUT2D eigenvalue weighted by Gasteiger charge is 2.28. The quantitative estimate of drug-likeness (QED) is 0.619. The Bertz CT molecular complexity index is 162. The van der Waals surface area contributed by atoms with Gasteiger partial charge in [0.25, 0.3) is 0 Å². The monoisotopic (exact) mass is 188 g/mol. The van der Waals surface area contributed by atoms with Crippen LogP contribution >= 0.6 is 0 Å². The standard InChI is InChI=1S/C10H20O3/c1-8(2)13-7-6-10(3,4)9(11)12-5/h8H,6-7H2,1-5H3. The minimum atomic E-state index is -0.441. The van der Waals surface area contributed by atoms with Gasteiger partial charge in [-0.2, -0.15) is 0 Å². The molecule has 78 valence electrons. The molecule has 0 heterocycles. The summed E-state index contributed by atoms with van der Waals surface area (Å²) in [4.78, 5) is 11.2. The zero-order valence-corrected chi connectivity index (χ0v) is 9.22. The lowest BCUT2D eigenvalue weighted by Gasteiger charge is -2.21. The second-order valence-electron chi connectivity index (χ2n) is 4.05. The molecule has 0 aromatic heterocycles. The Morgan fingerprint density at radius 2 is 1.92 bits per heavy atom. The Morgan fingerprint density at radius 1 is 1.38 bits per heavy atom. The van der Waals surface area contributed by atoms with Gasteiger partial charge in [0.2, 0.25) is 0 Å². The van der Waals surface area contributed by atoms with Gasteiger partial charge in [-0.05, 0) is 34.1 Å². The predicted octanol–water partition coefficient (Wildman–Crippen LogP) is 2.00. The molecule has 0 aliphatic heterocycles. The third kappa shape index (κ3) is 4.88. The molecule has 0 aliphatic carbocycles. The molecule has 3 heteroatoms. The Balaban J connectivity index is 3.82. The van der Waals surface area contributed by atoms with Crippen LogP contribution < -0.4 is 0 Å². The molecule has 0 aromatic rings. The fourth-order valence-electron chi connectivity index (χ4n) is 0.928. The first-order valence-corrected chi connectivity index (χ1v) is 4.60. The zero-order chi connectivity index (χ0) is 10.5. The molecule has 0 spiro atoms. The molecule has 0 aromatic carbocycles. The fraction of sp³-hybridized carbons (Fsp3) is 0.900. The molecule has 0 bridgehead atoms. The van der Waals surface area contributed by atoms with Crippen molar-refractivity contribution >= 4 is 5.97 Å². The van der Waals surface area contributed by atoms with Gasteiger partial charge in [0.05, 0.1) is 18.6 Å². The van der Waals surface area contributed by atoms with E-state index in [9.17, 15) is 4.79 Å². The van der Waals surface area contributed by atoms with Crippen molar-refractivity contribution in [1.29, 1.82) is 0 Å². The molecule has 0 atom stereocenters. The summed E-state index contributed by atoms with van der Waals surface area (Å²) in [7, 11) is 1.41. The molecule has 0 saturated heterocycles. The topological polar surface area (TPSA) is 35.5 Å². The van der Waals surface area contributed by atoms with E-state index in [1.54, 1.807) is 0 Å². The molecule has 0 aliphatic rings. The third-order valence-electron chi connectivity index (χ3n) is 1.92. The Hall–Kier alpha value is -0.570. The number of esters is 1. The fourth-order valence-corrected chi connectivity index (χ4v) is 0.928. The number of hydrogen-bond donors (Lipinski definition) is 0. The van der Waals surface area contributed by atoms with Crippen LogP contribution in [0.15, 0.2) is 0 Å². The Morgan fingerprint density at radius 3 is 2.31 bits per heavy atom. The van der Waals surface area contributed by atoms with Crippen molar-refractivity contribution in [2.24, 2.45) is 5.41 Å². The van der Waals surface area contributed by atoms with Crippen LogP contribution in [0.5, 0.6) is 0 Å². The van der Waals surface area contributed by atoms with Crippen molar-refractivity contribution in [3.05, 3.63) is 0 Å². The summed E-state index contributed by atoms with van der Waals surface area (Å²) in [5.41, 5.74) is -0.441. The summed E-state index contributed by atoms with van der Waals surface area (Å²) in [5, 5.41) is 0. The van der Waals surface area contributed by atoms with E-state index in [4.69, 9.17) is 4.74 Å². The second kappa shape index (κ2) is 5.22. The molecule has 13 heavy (non-hydrogen) atoms. The lowest BCUT2D eigenvalue weighted by atomic mass is 9.90. The van der Waals surface area contributed by atoms with Gasteiger partial charge in [-0.3, -0.25) is 4.79 Å². The van der Waals surface area contributed by atoms with E-state index in [1.165, 1.54) is 7.11 Å². The first-order chi connectivity index (χ1) is 5.90. The summed E-state index contributed by atoms with van der Waals surface area (Å²) in [6.45, 7) is 8.28. The van der Waals surface area contributed by atoms with E-state index >= 15 is 0 Å². The predicted molar refractivity (Wildman–Crippen MR) is 51.5 cm³/mol. The van der Waals surface area contributed by atoms with E-state index < -0.39 is 5.41 Å². The van der Waals surface area contributed by atoms with Crippen LogP contribution in [-0.4, -0.2) is 25.8 Å². The van der Waals surface area contributed by atoms with E-state index in [1.807, 2.05) is 27.7 Å². The van der Waals surface area contributed by atoms with Gasteiger partial charge < -0.3 is 9.47 Å². The summed E-state index contributed by atoms with van der Waals surface area (Å²) in [6, 6.07) is 0. The molecular formula is C10H20O3. The first-order valence-electron chi connectivity index (χ1n) is 4.60. The van der Waals surface area contributed by atoms with Gasteiger partial charge in [-0.25, -0.2) is 0 Å². The number of methoxy groups -OCH3 is 1. The minimum absolute atomic E-state index is 0.181. The van der Waals surface area contributed by atoms with Crippen LogP contribution in [0.1, 0.15) is 34.1 Å². The van der Waals surface area contributed by atoms with E-state index in [2.05, 4.69) is 4.74 Å². The number of carbonyl (C=O) groups is 1. The SMILES string of the molecule is COC(=O)C(C)(C)CCOC(C)C. The van der Waals surface area contributed by atoms with Crippen LogP contribution in [0, 0.1) is 5.41 Å². The lowest BCUT2D eigenvalue weighted by Crippen LogP contribution is -2.27. The maximum absolute atomic E-state index is 11.2. The highest BCUT2D eigenvalue weighted by Crippen LogP contribution is 2.21. The van der Waals surface area contributed by atoms with Crippen LogP contribution in [-0.2, 0) is 14.3 Å². The highest BCUT2D eigenvalue weighted by atomic mass is 16.5. The smallest absolute Gasteiger partial charge is 0.311 e. The van der Waals surface area contributed by atoms with Crippen molar-refractivity contribution in [3.63, 3.8) is 0 Å². The number of hydrogen-bond acceptors (Lipinski definition) is 3. The van der Waals surface area contributed by atoms with Gasteiger partial charge in [-0.1, -0.05) is 0 Å². The van der Waals surface area contributed by atoms with Gasteiger partial charge in [0.1, 0.15) is 0 Å². The van der Waals surface area contributed by atoms with E-state index in [0.29, 0.717) is 13.0 Å². The number of ether oxygens (including phenoxy) is 2. The summed E-state index contributed by atoms with van der Waals surface area (Å²) < 4.78 is 10.0. The van der Waals surface area contributed by atoms with Crippen molar-refractivity contribution in [2.45, 2.75) is 40.2 Å². The Kier molecular flexibility index (Phi) is 4.99. The minimum Gasteiger partial charge on any atom is -0.469 e. The van der Waals surface area contributed by atoms with Crippen molar-refractivity contribution in [2.75, 3.05) is 13.7 Å². The third-order valence-corrected chi connectivity index (χ3v) is 1.92. The van der Waals surface area contributed by atoms with Gasteiger partial charge in [0, 0.05) is 6.61 Å². The van der Waals surface area contributed by atoms with Gasteiger partial charge in [-0.15, -0.1) is 0 Å². The maximum atomic E-state index is 11.2. The molecule has 0 amide bonds. The summed E-state index contributed by atoms with van der Waals surface area (Å²) in [6.07, 6.45) is 0.908. The molecule has 0 unspecified atom stereocenters. The molecular weight excluding hydrogens is 168 g/mol. The molecule has 0 fully saturated rings. The summed E-state index contributed by atoms with van der Waals surface area (Å²) in [5.74, 6) is -0.181. The van der Waals surface area contributed by atoms with Crippen LogP contribution in [0.25, 0.3) is 0 Å². The van der Waals surface area contributed by atoms with Crippen LogP contribution in [0.4, 0.5) is 0 Å². The molecule has 0 saturated carbocycles. The number of rotatable bonds is 5. The summed E-state index contributed by atoms with van der Waals surface area (Å²) >= 11 is 0. The second-order valence-corrected chi connectivity index (χ2v) is 4.05. The average Bonchev–Trinajstić information content (AvgIpc) is 2.01. The first kappa shape index (κ1) is 12.4. The van der Waals surface area contributed by atoms with E-state index in [-0.39, 0.29) is 12.1 Å². The van der Waals surface area contributed by atoms with Gasteiger partial charge in [0.15, 0.2) is 0 Å². The van der Waals surface area contributed by atoms with E-state index in [0.717, 1.165) is 0 Å². The van der Waals surface area contributed by atoms with Crippen LogP contribution in [0.3, 0.4) is 0 Å². The zero-order valence-electron chi connectivity index (χ0n) is 9.22.